The second kappa shape index (κ2) is 4.06. The second-order valence-corrected chi connectivity index (χ2v) is 5.68. The second-order valence-electron chi connectivity index (χ2n) is 5.68. The normalized spacial score (nSPS) is 39.8. The van der Waals surface area contributed by atoms with Crippen molar-refractivity contribution in [1.29, 1.82) is 0 Å². The quantitative estimate of drug-likeness (QED) is 0.706. The first kappa shape index (κ1) is 11.4. The smallest absolute Gasteiger partial charge is 0.0725 e. The molecule has 2 N–H and O–H groups in total. The zero-order chi connectivity index (χ0) is 10.9. The highest BCUT2D eigenvalue weighted by Gasteiger charge is 2.57. The van der Waals surface area contributed by atoms with Gasteiger partial charge in [0.2, 0.25) is 0 Å². The summed E-state index contributed by atoms with van der Waals surface area (Å²) in [6, 6.07) is 0. The summed E-state index contributed by atoms with van der Waals surface area (Å²) in [5, 5.41) is 20.1. The number of aliphatic hydroxyl groups excluding tert-OH is 1. The lowest BCUT2D eigenvalue weighted by atomic mass is 9.78. The summed E-state index contributed by atoms with van der Waals surface area (Å²) in [6.45, 7) is 2.42. The Kier molecular flexibility index (Phi) is 3.09. The molecule has 2 saturated carbocycles. The fourth-order valence-corrected chi connectivity index (χ4v) is 3.26. The molecule has 2 heteroatoms. The molecule has 0 bridgehead atoms. The van der Waals surface area contributed by atoms with Gasteiger partial charge >= 0.3 is 0 Å². The maximum absolute atomic E-state index is 10.7. The molecule has 2 nitrogen and oxygen atoms in total. The summed E-state index contributed by atoms with van der Waals surface area (Å²) in [4.78, 5) is 0. The maximum Gasteiger partial charge on any atom is 0.0725 e. The van der Waals surface area contributed by atoms with Crippen LogP contribution >= 0.6 is 0 Å². The summed E-state index contributed by atoms with van der Waals surface area (Å²) in [5.74, 6) is 0.800. The molecule has 2 atom stereocenters. The van der Waals surface area contributed by atoms with Crippen LogP contribution in [0.4, 0.5) is 0 Å². The van der Waals surface area contributed by atoms with E-state index in [9.17, 15) is 10.2 Å². The van der Waals surface area contributed by atoms with Gasteiger partial charge < -0.3 is 10.2 Å². The zero-order valence-electron chi connectivity index (χ0n) is 9.84. The minimum Gasteiger partial charge on any atom is -0.396 e. The van der Waals surface area contributed by atoms with Gasteiger partial charge in [-0.2, -0.15) is 0 Å². The Morgan fingerprint density at radius 3 is 2.40 bits per heavy atom. The van der Waals surface area contributed by atoms with Crippen LogP contribution in [-0.4, -0.2) is 22.4 Å². The third-order valence-electron chi connectivity index (χ3n) is 4.89. The van der Waals surface area contributed by atoms with Gasteiger partial charge in [-0.05, 0) is 38.0 Å². The molecular weight excluding hydrogens is 188 g/mol. The lowest BCUT2D eigenvalue weighted by Gasteiger charge is -2.35. The van der Waals surface area contributed by atoms with Crippen molar-refractivity contribution in [3.63, 3.8) is 0 Å². The van der Waals surface area contributed by atoms with E-state index in [1.165, 1.54) is 12.8 Å². The molecule has 0 amide bonds. The first-order valence-corrected chi connectivity index (χ1v) is 6.49. The van der Waals surface area contributed by atoms with Crippen LogP contribution in [0.15, 0.2) is 0 Å². The molecule has 0 aromatic heterocycles. The van der Waals surface area contributed by atoms with Gasteiger partial charge in [0, 0.05) is 5.41 Å². The van der Waals surface area contributed by atoms with E-state index in [-0.39, 0.29) is 12.0 Å². The topological polar surface area (TPSA) is 40.5 Å². The molecule has 0 spiro atoms. The number of hydrogen-bond acceptors (Lipinski definition) is 2. The van der Waals surface area contributed by atoms with Crippen molar-refractivity contribution in [3.8, 4) is 0 Å². The first-order chi connectivity index (χ1) is 7.16. The molecule has 0 aromatic rings. The standard InChI is InChI=1S/C13H24O2/c1-2-11-4-3-6-13(15,7-5-11)12(10-14)8-9-12/h11,14-15H,2-10H2,1H3. The zero-order valence-corrected chi connectivity index (χ0v) is 9.84. The molecule has 2 fully saturated rings. The van der Waals surface area contributed by atoms with Crippen LogP contribution in [0.2, 0.25) is 0 Å². The highest BCUT2D eigenvalue weighted by Crippen LogP contribution is 2.58. The van der Waals surface area contributed by atoms with Crippen molar-refractivity contribution in [2.75, 3.05) is 6.61 Å². The van der Waals surface area contributed by atoms with Crippen molar-refractivity contribution >= 4 is 0 Å². The highest BCUT2D eigenvalue weighted by molar-refractivity contribution is 5.08. The maximum atomic E-state index is 10.7. The van der Waals surface area contributed by atoms with Crippen molar-refractivity contribution < 1.29 is 10.2 Å². The van der Waals surface area contributed by atoms with Crippen LogP contribution in [0.1, 0.15) is 58.3 Å². The minimum absolute atomic E-state index is 0.115. The van der Waals surface area contributed by atoms with Crippen LogP contribution in [0, 0.1) is 11.3 Å². The molecule has 2 rings (SSSR count). The van der Waals surface area contributed by atoms with Crippen LogP contribution in [0.3, 0.4) is 0 Å². The molecule has 0 aliphatic heterocycles. The van der Waals surface area contributed by atoms with E-state index >= 15 is 0 Å². The molecular formula is C13H24O2. The predicted molar refractivity (Wildman–Crippen MR) is 60.6 cm³/mol. The molecule has 2 unspecified atom stereocenters. The van der Waals surface area contributed by atoms with Gasteiger partial charge in [0.05, 0.1) is 12.2 Å². The summed E-state index contributed by atoms with van der Waals surface area (Å²) in [7, 11) is 0. The van der Waals surface area contributed by atoms with Crippen molar-refractivity contribution in [3.05, 3.63) is 0 Å². The van der Waals surface area contributed by atoms with Gasteiger partial charge in [-0.25, -0.2) is 0 Å². The summed E-state index contributed by atoms with van der Waals surface area (Å²) in [6.07, 6.45) is 8.65. The molecule has 15 heavy (non-hydrogen) atoms. The number of rotatable bonds is 3. The highest BCUT2D eigenvalue weighted by atomic mass is 16.3. The molecule has 0 saturated heterocycles. The minimum atomic E-state index is -0.550. The Morgan fingerprint density at radius 1 is 1.13 bits per heavy atom. The van der Waals surface area contributed by atoms with E-state index in [0.29, 0.717) is 0 Å². The third-order valence-corrected chi connectivity index (χ3v) is 4.89. The van der Waals surface area contributed by atoms with Crippen molar-refractivity contribution in [2.45, 2.75) is 63.9 Å². The molecule has 2 aliphatic carbocycles. The van der Waals surface area contributed by atoms with Crippen LogP contribution in [0.5, 0.6) is 0 Å². The predicted octanol–water partition coefficient (Wildman–Crippen LogP) is 2.48. The van der Waals surface area contributed by atoms with E-state index in [1.54, 1.807) is 0 Å². The molecule has 88 valence electrons. The number of hydrogen-bond donors (Lipinski definition) is 2. The van der Waals surface area contributed by atoms with Crippen LogP contribution < -0.4 is 0 Å². The van der Waals surface area contributed by atoms with Gasteiger partial charge in [0.1, 0.15) is 0 Å². The van der Waals surface area contributed by atoms with Gasteiger partial charge in [-0.3, -0.25) is 0 Å². The Balaban J connectivity index is 2.03. The van der Waals surface area contributed by atoms with Crippen molar-refractivity contribution in [2.24, 2.45) is 11.3 Å². The fraction of sp³-hybridized carbons (Fsp3) is 1.00. The van der Waals surface area contributed by atoms with E-state index in [0.717, 1.165) is 44.4 Å². The van der Waals surface area contributed by atoms with Gasteiger partial charge in [-0.1, -0.05) is 26.2 Å². The van der Waals surface area contributed by atoms with E-state index in [2.05, 4.69) is 6.92 Å². The lowest BCUT2D eigenvalue weighted by molar-refractivity contribution is -0.0670. The average molecular weight is 212 g/mol. The molecule has 0 heterocycles. The Labute approximate surface area is 92.7 Å². The number of aliphatic hydroxyl groups is 2. The third kappa shape index (κ3) is 1.94. The summed E-state index contributed by atoms with van der Waals surface area (Å²) < 4.78 is 0. The van der Waals surface area contributed by atoms with Crippen LogP contribution in [-0.2, 0) is 0 Å². The average Bonchev–Trinajstić information content (AvgIpc) is 3.03. The lowest BCUT2D eigenvalue weighted by Crippen LogP contribution is -2.41. The van der Waals surface area contributed by atoms with E-state index in [4.69, 9.17) is 0 Å². The SMILES string of the molecule is CCC1CCCC(O)(C2(CO)CC2)CC1. The van der Waals surface area contributed by atoms with Crippen LogP contribution in [0.25, 0.3) is 0 Å². The molecule has 0 radical (unpaired) electrons. The summed E-state index contributed by atoms with van der Waals surface area (Å²) >= 11 is 0. The van der Waals surface area contributed by atoms with Crippen molar-refractivity contribution in [1.82, 2.24) is 0 Å². The monoisotopic (exact) mass is 212 g/mol. The van der Waals surface area contributed by atoms with Gasteiger partial charge in [0.25, 0.3) is 0 Å². The molecule has 2 aliphatic rings. The Morgan fingerprint density at radius 2 is 1.87 bits per heavy atom. The fourth-order valence-electron chi connectivity index (χ4n) is 3.26. The Hall–Kier alpha value is -0.0800. The van der Waals surface area contributed by atoms with E-state index in [1.807, 2.05) is 0 Å². The molecule has 0 aromatic carbocycles. The Bertz CT molecular complexity index is 223. The summed E-state index contributed by atoms with van der Waals surface area (Å²) in [5.41, 5.74) is -0.665. The van der Waals surface area contributed by atoms with Gasteiger partial charge in [0.15, 0.2) is 0 Å². The largest absolute Gasteiger partial charge is 0.396 e. The van der Waals surface area contributed by atoms with E-state index < -0.39 is 5.60 Å². The first-order valence-electron chi connectivity index (χ1n) is 6.49. The van der Waals surface area contributed by atoms with Gasteiger partial charge in [-0.15, -0.1) is 0 Å².